The van der Waals surface area contributed by atoms with E-state index in [1.165, 1.54) is 46.0 Å². The Balaban J connectivity index is 1.22. The summed E-state index contributed by atoms with van der Waals surface area (Å²) in [6, 6.07) is 23.0. The molecule has 0 bridgehead atoms. The maximum Gasteiger partial charge on any atom is 0.150 e. The molecule has 150 valence electrons. The molecule has 0 aliphatic heterocycles. The number of fused-ring (bicyclic) bond motifs is 1. The van der Waals surface area contributed by atoms with Crippen LogP contribution in [0.2, 0.25) is 0 Å². The first-order chi connectivity index (χ1) is 14.8. The molecule has 5 rings (SSSR count). The molecule has 4 heteroatoms. The van der Waals surface area contributed by atoms with Crippen LogP contribution in [0, 0.1) is 5.92 Å². The second kappa shape index (κ2) is 8.25. The van der Waals surface area contributed by atoms with Crippen molar-refractivity contribution in [1.29, 1.82) is 0 Å². The van der Waals surface area contributed by atoms with Gasteiger partial charge in [0.1, 0.15) is 6.29 Å². The Hall–Kier alpha value is -3.24. The minimum Gasteiger partial charge on any atom is -0.309 e. The largest absolute Gasteiger partial charge is 0.309 e. The molecule has 30 heavy (non-hydrogen) atoms. The van der Waals surface area contributed by atoms with Crippen LogP contribution in [-0.4, -0.2) is 16.1 Å². The molecular formula is C26H25N3O. The molecular weight excluding hydrogens is 370 g/mol. The van der Waals surface area contributed by atoms with Gasteiger partial charge in [0, 0.05) is 30.6 Å². The average Bonchev–Trinajstić information content (AvgIpc) is 3.53. The number of rotatable bonds is 8. The highest BCUT2D eigenvalue weighted by Gasteiger charge is 2.22. The van der Waals surface area contributed by atoms with Crippen LogP contribution in [0.15, 0.2) is 72.9 Å². The lowest BCUT2D eigenvalue weighted by Crippen LogP contribution is -2.12. The molecule has 1 aromatic heterocycles. The van der Waals surface area contributed by atoms with E-state index < -0.39 is 0 Å². The molecule has 0 amide bonds. The van der Waals surface area contributed by atoms with Gasteiger partial charge < -0.3 is 5.32 Å². The number of hydrogen-bond donors (Lipinski definition) is 1. The Morgan fingerprint density at radius 2 is 1.57 bits per heavy atom. The maximum absolute atomic E-state index is 10.7. The van der Waals surface area contributed by atoms with Crippen molar-refractivity contribution in [2.75, 3.05) is 0 Å². The average molecular weight is 396 g/mol. The first kappa shape index (κ1) is 18.8. The third kappa shape index (κ3) is 4.19. The molecule has 1 aliphatic carbocycles. The number of carbonyl (C=O) groups excluding carboxylic acids is 1. The Kier molecular flexibility index (Phi) is 5.16. The van der Waals surface area contributed by atoms with E-state index in [0.717, 1.165) is 31.8 Å². The topological polar surface area (TPSA) is 46.9 Å². The van der Waals surface area contributed by atoms with E-state index in [1.807, 2.05) is 30.5 Å². The van der Waals surface area contributed by atoms with Crippen molar-refractivity contribution in [2.45, 2.75) is 32.5 Å². The molecule has 0 atom stereocenters. The smallest absolute Gasteiger partial charge is 0.150 e. The second-order valence-corrected chi connectivity index (χ2v) is 8.20. The highest BCUT2D eigenvalue weighted by Crippen LogP contribution is 2.32. The van der Waals surface area contributed by atoms with Gasteiger partial charge in [0.2, 0.25) is 0 Å². The van der Waals surface area contributed by atoms with Crippen molar-refractivity contribution in [3.8, 4) is 11.1 Å². The van der Waals surface area contributed by atoms with Crippen LogP contribution < -0.4 is 5.32 Å². The summed E-state index contributed by atoms with van der Waals surface area (Å²) in [7, 11) is 0. The maximum atomic E-state index is 10.7. The summed E-state index contributed by atoms with van der Waals surface area (Å²) in [6.07, 6.45) is 5.54. The SMILES string of the molecule is O=Cc1ccc(CNCc2ccc(-c3ccc4c(cnn4CC4CC4)c3)cc2)cc1. The Labute approximate surface area is 176 Å². The van der Waals surface area contributed by atoms with E-state index in [1.54, 1.807) is 0 Å². The van der Waals surface area contributed by atoms with Gasteiger partial charge in [-0.2, -0.15) is 5.10 Å². The van der Waals surface area contributed by atoms with Crippen molar-refractivity contribution in [3.05, 3.63) is 89.6 Å². The molecule has 0 unspecified atom stereocenters. The van der Waals surface area contributed by atoms with Crippen molar-refractivity contribution >= 4 is 17.2 Å². The molecule has 0 saturated heterocycles. The molecule has 1 heterocycles. The summed E-state index contributed by atoms with van der Waals surface area (Å²) >= 11 is 0. The molecule has 3 aromatic carbocycles. The van der Waals surface area contributed by atoms with Crippen molar-refractivity contribution in [2.24, 2.45) is 5.92 Å². The molecule has 1 aliphatic rings. The van der Waals surface area contributed by atoms with Gasteiger partial charge in [0.25, 0.3) is 0 Å². The fourth-order valence-electron chi connectivity index (χ4n) is 3.84. The number of aldehydes is 1. The van der Waals surface area contributed by atoms with Gasteiger partial charge in [-0.15, -0.1) is 0 Å². The summed E-state index contributed by atoms with van der Waals surface area (Å²) in [4.78, 5) is 10.7. The van der Waals surface area contributed by atoms with Gasteiger partial charge in [-0.25, -0.2) is 0 Å². The molecule has 1 N–H and O–H groups in total. The fourth-order valence-corrected chi connectivity index (χ4v) is 3.84. The van der Waals surface area contributed by atoms with Crippen LogP contribution in [0.1, 0.15) is 34.3 Å². The number of nitrogens with zero attached hydrogens (tertiary/aromatic N) is 2. The van der Waals surface area contributed by atoms with Crippen molar-refractivity contribution in [3.63, 3.8) is 0 Å². The summed E-state index contributed by atoms with van der Waals surface area (Å²) in [5, 5.41) is 9.25. The third-order valence-electron chi connectivity index (χ3n) is 5.83. The summed E-state index contributed by atoms with van der Waals surface area (Å²) in [6.45, 7) is 2.64. The van der Waals surface area contributed by atoms with E-state index in [0.29, 0.717) is 5.56 Å². The van der Waals surface area contributed by atoms with E-state index >= 15 is 0 Å². The van der Waals surface area contributed by atoms with Crippen LogP contribution in [0.3, 0.4) is 0 Å². The first-order valence-electron chi connectivity index (χ1n) is 10.6. The molecule has 1 fully saturated rings. The number of hydrogen-bond acceptors (Lipinski definition) is 3. The predicted octanol–water partition coefficient (Wildman–Crippen LogP) is 5.22. The Morgan fingerprint density at radius 1 is 0.900 bits per heavy atom. The zero-order valence-electron chi connectivity index (χ0n) is 16.9. The summed E-state index contributed by atoms with van der Waals surface area (Å²) < 4.78 is 2.15. The van der Waals surface area contributed by atoms with Crippen LogP contribution in [0.5, 0.6) is 0 Å². The molecule has 4 nitrogen and oxygen atoms in total. The third-order valence-corrected chi connectivity index (χ3v) is 5.83. The van der Waals surface area contributed by atoms with Gasteiger partial charge in [-0.3, -0.25) is 9.48 Å². The standard InChI is InChI=1S/C26H25N3O/c30-18-22-5-1-19(2-6-22)14-27-15-20-7-9-23(10-8-20)24-11-12-26-25(13-24)16-28-29(26)17-21-3-4-21/h1-2,5-13,16,18,21,27H,3-4,14-15,17H2. The highest BCUT2D eigenvalue weighted by molar-refractivity contribution is 5.84. The van der Waals surface area contributed by atoms with Gasteiger partial charge in [-0.05, 0) is 53.1 Å². The lowest BCUT2D eigenvalue weighted by atomic mass is 10.0. The lowest BCUT2D eigenvalue weighted by molar-refractivity contribution is 0.112. The lowest BCUT2D eigenvalue weighted by Gasteiger charge is -2.08. The second-order valence-electron chi connectivity index (χ2n) is 8.20. The predicted molar refractivity (Wildman–Crippen MR) is 120 cm³/mol. The van der Waals surface area contributed by atoms with Crippen LogP contribution in [0.25, 0.3) is 22.0 Å². The van der Waals surface area contributed by atoms with Crippen LogP contribution in [-0.2, 0) is 19.6 Å². The minimum absolute atomic E-state index is 0.711. The monoisotopic (exact) mass is 395 g/mol. The number of benzene rings is 3. The van der Waals surface area contributed by atoms with Crippen LogP contribution >= 0.6 is 0 Å². The quantitative estimate of drug-likeness (QED) is 0.416. The number of nitrogens with one attached hydrogen (secondary N) is 1. The normalized spacial score (nSPS) is 13.6. The number of carbonyl (C=O) groups is 1. The summed E-state index contributed by atoms with van der Waals surface area (Å²) in [5.74, 6) is 0.824. The molecule has 0 radical (unpaired) electrons. The van der Waals surface area contributed by atoms with E-state index in [9.17, 15) is 4.79 Å². The zero-order valence-corrected chi connectivity index (χ0v) is 16.9. The highest BCUT2D eigenvalue weighted by atomic mass is 16.1. The molecule has 4 aromatic rings. The zero-order chi connectivity index (χ0) is 20.3. The fraction of sp³-hybridized carbons (Fsp3) is 0.231. The van der Waals surface area contributed by atoms with E-state index in [2.05, 4.69) is 57.6 Å². The van der Waals surface area contributed by atoms with Crippen molar-refractivity contribution < 1.29 is 4.79 Å². The van der Waals surface area contributed by atoms with E-state index in [4.69, 9.17) is 0 Å². The van der Waals surface area contributed by atoms with Crippen LogP contribution in [0.4, 0.5) is 0 Å². The van der Waals surface area contributed by atoms with Crippen molar-refractivity contribution in [1.82, 2.24) is 15.1 Å². The van der Waals surface area contributed by atoms with Gasteiger partial charge in [0.05, 0.1) is 11.7 Å². The van der Waals surface area contributed by atoms with E-state index in [-0.39, 0.29) is 0 Å². The Morgan fingerprint density at radius 3 is 2.23 bits per heavy atom. The van der Waals surface area contributed by atoms with Gasteiger partial charge in [-0.1, -0.05) is 54.6 Å². The first-order valence-corrected chi connectivity index (χ1v) is 10.6. The van der Waals surface area contributed by atoms with Gasteiger partial charge >= 0.3 is 0 Å². The molecule has 1 saturated carbocycles. The van der Waals surface area contributed by atoms with Gasteiger partial charge in [0.15, 0.2) is 0 Å². The molecule has 0 spiro atoms. The Bertz CT molecular complexity index is 1160. The summed E-state index contributed by atoms with van der Waals surface area (Å²) in [5.41, 5.74) is 6.81. The number of aromatic nitrogens is 2. The minimum atomic E-state index is 0.711.